The third-order valence-electron chi connectivity index (χ3n) is 5.28. The molecule has 0 radical (unpaired) electrons. The molecule has 4 rings (SSSR count). The number of aromatic nitrogens is 4. The van der Waals surface area contributed by atoms with Crippen molar-refractivity contribution in [3.05, 3.63) is 71.6 Å². The maximum absolute atomic E-state index is 14.3. The number of benzene rings is 1. The standard InChI is InChI=1S/C22H19F3N4O3S/c1-32-19-5-3-4-18(23)15(19)9-7-13-6-8-14(22-28-27-12-29(13)22)17-11-26-20(33(2,30)31)10-16(17)21(24)25/h3-6,8,10-12,21H,7,9H2,1-2H3. The minimum absolute atomic E-state index is 0.0534. The number of alkyl halides is 2. The Bertz CT molecular complexity index is 1440. The summed E-state index contributed by atoms with van der Waals surface area (Å²) in [6.45, 7) is 0. The highest BCUT2D eigenvalue weighted by atomic mass is 32.2. The zero-order valence-corrected chi connectivity index (χ0v) is 18.5. The molecule has 0 N–H and O–H groups in total. The molecule has 0 atom stereocenters. The second kappa shape index (κ2) is 8.81. The first-order valence-electron chi connectivity index (χ1n) is 9.82. The van der Waals surface area contributed by atoms with Crippen LogP contribution in [0.25, 0.3) is 16.8 Å². The molecule has 0 bridgehead atoms. The molecule has 3 heterocycles. The Morgan fingerprint density at radius 1 is 1.12 bits per heavy atom. The van der Waals surface area contributed by atoms with Crippen molar-refractivity contribution in [1.82, 2.24) is 19.6 Å². The normalized spacial score (nSPS) is 11.9. The molecule has 4 aromatic rings. The first-order chi connectivity index (χ1) is 15.7. The predicted octanol–water partition coefficient (Wildman–Crippen LogP) is 4.07. The number of nitrogens with zero attached hydrogens (tertiary/aromatic N) is 4. The molecule has 0 saturated carbocycles. The SMILES string of the molecule is COc1cccc(F)c1CCc1ccc(-c2cnc(S(C)(=O)=O)cc2C(F)F)c2nncn12. The van der Waals surface area contributed by atoms with Crippen LogP contribution in [-0.2, 0) is 22.7 Å². The van der Waals surface area contributed by atoms with Crippen molar-refractivity contribution < 1.29 is 26.3 Å². The third kappa shape index (κ3) is 4.40. The molecule has 0 aliphatic carbocycles. The van der Waals surface area contributed by atoms with Crippen LogP contribution < -0.4 is 4.74 Å². The highest BCUT2D eigenvalue weighted by Gasteiger charge is 2.22. The number of sulfone groups is 1. The molecule has 1 aromatic carbocycles. The van der Waals surface area contributed by atoms with E-state index in [9.17, 15) is 21.6 Å². The van der Waals surface area contributed by atoms with E-state index in [0.29, 0.717) is 35.4 Å². The summed E-state index contributed by atoms with van der Waals surface area (Å²) in [5.41, 5.74) is 1.34. The van der Waals surface area contributed by atoms with Gasteiger partial charge in [-0.05, 0) is 43.2 Å². The summed E-state index contributed by atoms with van der Waals surface area (Å²) in [6.07, 6.45) is 1.24. The van der Waals surface area contributed by atoms with Gasteiger partial charge < -0.3 is 4.74 Å². The van der Waals surface area contributed by atoms with E-state index >= 15 is 0 Å². The van der Waals surface area contributed by atoms with Crippen molar-refractivity contribution in [2.45, 2.75) is 24.3 Å². The van der Waals surface area contributed by atoms with Crippen LogP contribution in [0.1, 0.15) is 23.2 Å². The Hall–Kier alpha value is -3.47. The second-order valence-electron chi connectivity index (χ2n) is 7.37. The Kier molecular flexibility index (Phi) is 6.07. The van der Waals surface area contributed by atoms with Gasteiger partial charge in [0.15, 0.2) is 20.5 Å². The van der Waals surface area contributed by atoms with E-state index in [1.807, 2.05) is 0 Å². The van der Waals surface area contributed by atoms with Gasteiger partial charge in [-0.3, -0.25) is 4.40 Å². The van der Waals surface area contributed by atoms with Gasteiger partial charge >= 0.3 is 0 Å². The molecule has 3 aromatic heterocycles. The number of methoxy groups -OCH3 is 1. The van der Waals surface area contributed by atoms with Gasteiger partial charge in [-0.25, -0.2) is 26.6 Å². The Balaban J connectivity index is 1.75. The van der Waals surface area contributed by atoms with Gasteiger partial charge in [-0.1, -0.05) is 6.07 Å². The number of pyridine rings is 2. The largest absolute Gasteiger partial charge is 0.496 e. The molecule has 172 valence electrons. The molecule has 0 amide bonds. The number of halogens is 3. The molecular weight excluding hydrogens is 457 g/mol. The maximum atomic E-state index is 14.3. The highest BCUT2D eigenvalue weighted by molar-refractivity contribution is 7.90. The zero-order valence-electron chi connectivity index (χ0n) is 17.7. The van der Waals surface area contributed by atoms with Crippen molar-refractivity contribution in [3.8, 4) is 16.9 Å². The molecule has 33 heavy (non-hydrogen) atoms. The van der Waals surface area contributed by atoms with E-state index in [0.717, 1.165) is 24.2 Å². The summed E-state index contributed by atoms with van der Waals surface area (Å²) < 4.78 is 72.3. The fourth-order valence-corrected chi connectivity index (χ4v) is 4.25. The van der Waals surface area contributed by atoms with Crippen LogP contribution in [0.3, 0.4) is 0 Å². The van der Waals surface area contributed by atoms with Crippen LogP contribution in [0.15, 0.2) is 53.9 Å². The minimum Gasteiger partial charge on any atom is -0.496 e. The third-order valence-corrected chi connectivity index (χ3v) is 6.27. The van der Waals surface area contributed by atoms with Crippen LogP contribution >= 0.6 is 0 Å². The molecule has 7 nitrogen and oxygen atoms in total. The van der Waals surface area contributed by atoms with Crippen molar-refractivity contribution in [2.75, 3.05) is 13.4 Å². The lowest BCUT2D eigenvalue weighted by Gasteiger charge is -2.14. The van der Waals surface area contributed by atoms with E-state index in [1.165, 1.54) is 19.5 Å². The fourth-order valence-electron chi connectivity index (χ4n) is 3.66. The summed E-state index contributed by atoms with van der Waals surface area (Å²) >= 11 is 0. The van der Waals surface area contributed by atoms with Crippen LogP contribution in [0, 0.1) is 5.82 Å². The Morgan fingerprint density at radius 3 is 2.61 bits per heavy atom. The van der Waals surface area contributed by atoms with E-state index in [-0.39, 0.29) is 11.4 Å². The topological polar surface area (TPSA) is 86.5 Å². The van der Waals surface area contributed by atoms with Gasteiger partial charge in [-0.15, -0.1) is 10.2 Å². The molecule has 0 aliphatic heterocycles. The summed E-state index contributed by atoms with van der Waals surface area (Å²) in [5.74, 6) is 0.0508. The van der Waals surface area contributed by atoms with E-state index in [2.05, 4.69) is 15.2 Å². The molecule has 11 heteroatoms. The number of hydrogen-bond donors (Lipinski definition) is 0. The second-order valence-corrected chi connectivity index (χ2v) is 9.33. The maximum Gasteiger partial charge on any atom is 0.264 e. The van der Waals surface area contributed by atoms with Crippen molar-refractivity contribution in [2.24, 2.45) is 0 Å². The number of rotatable bonds is 7. The van der Waals surface area contributed by atoms with Crippen LogP contribution in [0.4, 0.5) is 13.2 Å². The predicted molar refractivity (Wildman–Crippen MR) is 115 cm³/mol. The molecular formula is C22H19F3N4O3S. The molecule has 0 aliphatic rings. The van der Waals surface area contributed by atoms with Crippen LogP contribution in [0.5, 0.6) is 5.75 Å². The first-order valence-corrected chi connectivity index (χ1v) is 11.7. The summed E-state index contributed by atoms with van der Waals surface area (Å²) in [4.78, 5) is 3.85. The van der Waals surface area contributed by atoms with E-state index < -0.39 is 26.9 Å². The number of ether oxygens (including phenoxy) is 1. The van der Waals surface area contributed by atoms with Crippen LogP contribution in [0.2, 0.25) is 0 Å². The van der Waals surface area contributed by atoms with E-state index in [1.54, 1.807) is 28.7 Å². The molecule has 0 spiro atoms. The summed E-state index contributed by atoms with van der Waals surface area (Å²) in [5, 5.41) is 7.52. The Labute approximate surface area is 187 Å². The lowest BCUT2D eigenvalue weighted by Crippen LogP contribution is -2.05. The number of hydrogen-bond acceptors (Lipinski definition) is 6. The van der Waals surface area contributed by atoms with Crippen molar-refractivity contribution in [3.63, 3.8) is 0 Å². The van der Waals surface area contributed by atoms with Gasteiger partial charge in [0.2, 0.25) is 0 Å². The average molecular weight is 476 g/mol. The van der Waals surface area contributed by atoms with Crippen LogP contribution in [-0.4, -0.2) is 41.4 Å². The Morgan fingerprint density at radius 2 is 1.91 bits per heavy atom. The van der Waals surface area contributed by atoms with Gasteiger partial charge in [-0.2, -0.15) is 0 Å². The number of aryl methyl sites for hydroxylation is 1. The number of fused-ring (bicyclic) bond motifs is 1. The average Bonchev–Trinajstić information content (AvgIpc) is 3.27. The lowest BCUT2D eigenvalue weighted by molar-refractivity contribution is 0.151. The monoisotopic (exact) mass is 476 g/mol. The van der Waals surface area contributed by atoms with Gasteiger partial charge in [0.25, 0.3) is 6.43 Å². The molecule has 0 fully saturated rings. The smallest absolute Gasteiger partial charge is 0.264 e. The highest BCUT2D eigenvalue weighted by Crippen LogP contribution is 2.34. The van der Waals surface area contributed by atoms with E-state index in [4.69, 9.17) is 4.74 Å². The first kappa shape index (κ1) is 22.7. The lowest BCUT2D eigenvalue weighted by atomic mass is 10.0. The van der Waals surface area contributed by atoms with Gasteiger partial charge in [0.05, 0.1) is 7.11 Å². The zero-order chi connectivity index (χ0) is 23.8. The summed E-state index contributed by atoms with van der Waals surface area (Å²) in [6, 6.07) is 8.78. The summed E-state index contributed by atoms with van der Waals surface area (Å²) in [7, 11) is -2.29. The molecule has 0 saturated heterocycles. The quantitative estimate of drug-likeness (QED) is 0.400. The molecule has 0 unspecified atom stereocenters. The van der Waals surface area contributed by atoms with Crippen molar-refractivity contribution in [1.29, 1.82) is 0 Å². The van der Waals surface area contributed by atoms with Gasteiger partial charge in [0, 0.05) is 40.4 Å². The van der Waals surface area contributed by atoms with Crippen molar-refractivity contribution >= 4 is 15.5 Å². The van der Waals surface area contributed by atoms with Gasteiger partial charge in [0.1, 0.15) is 17.9 Å². The fraction of sp³-hybridized carbons (Fsp3) is 0.227. The minimum atomic E-state index is -3.76.